The Bertz CT molecular complexity index is 719. The first-order valence-electron chi connectivity index (χ1n) is 10.7. The van der Waals surface area contributed by atoms with Gasteiger partial charge in [-0.15, -0.1) is 11.1 Å². The molecule has 0 heterocycles. The smallest absolute Gasteiger partial charge is 1.00 e. The van der Waals surface area contributed by atoms with Gasteiger partial charge in [-0.05, 0) is 43.4 Å². The van der Waals surface area contributed by atoms with Crippen LogP contribution in [0.1, 0.15) is 49.7 Å². The third kappa shape index (κ3) is 6.31. The Morgan fingerprint density at radius 2 is 1.37 bits per heavy atom. The number of rotatable bonds is 0. The summed E-state index contributed by atoms with van der Waals surface area (Å²) in [6.07, 6.45) is 9.16. The number of hydrogen-bond acceptors (Lipinski definition) is 0. The predicted octanol–water partition coefficient (Wildman–Crippen LogP) is 0.590. The summed E-state index contributed by atoms with van der Waals surface area (Å²) in [5.41, 5.74) is 13.8. The van der Waals surface area contributed by atoms with Crippen molar-refractivity contribution in [1.29, 1.82) is 0 Å². The van der Waals surface area contributed by atoms with Crippen LogP contribution in [0.3, 0.4) is 0 Å². The molecule has 0 aliphatic heterocycles. The molecule has 1 nitrogen and oxygen atoms in total. The van der Waals surface area contributed by atoms with Crippen LogP contribution in [0.4, 0.5) is 0 Å². The van der Waals surface area contributed by atoms with E-state index in [9.17, 15) is 0 Å². The van der Waals surface area contributed by atoms with Gasteiger partial charge in [0.1, 0.15) is 0 Å². The number of benzene rings is 2. The van der Waals surface area contributed by atoms with Crippen LogP contribution < -0.4 is 24.8 Å². The minimum absolute atomic E-state index is 0. The van der Waals surface area contributed by atoms with E-state index in [1.807, 2.05) is 6.07 Å². The molecule has 0 spiro atoms. The Labute approximate surface area is 216 Å². The fraction of sp³-hybridized carbons (Fsp3) is 0.520. The van der Waals surface area contributed by atoms with Gasteiger partial charge in [-0.1, -0.05) is 67.7 Å². The van der Waals surface area contributed by atoms with E-state index in [0.717, 1.165) is 33.7 Å². The molecule has 0 saturated heterocycles. The van der Waals surface area contributed by atoms with E-state index >= 15 is 0 Å². The summed E-state index contributed by atoms with van der Waals surface area (Å²) in [5.74, 6) is 2.87. The maximum atomic E-state index is 8.21. The van der Waals surface area contributed by atoms with Gasteiger partial charge in [0, 0.05) is 9.52 Å². The Morgan fingerprint density at radius 3 is 1.90 bits per heavy atom. The summed E-state index contributed by atoms with van der Waals surface area (Å²) in [6, 6.07) is 18.1. The molecule has 5 heteroatoms. The summed E-state index contributed by atoms with van der Waals surface area (Å²) < 4.78 is 0. The maximum Gasteiger partial charge on any atom is 4.00 e. The van der Waals surface area contributed by atoms with Gasteiger partial charge in [0.25, 0.3) is 0 Å². The van der Waals surface area contributed by atoms with Gasteiger partial charge < -0.3 is 30.5 Å². The predicted molar refractivity (Wildman–Crippen MR) is 118 cm³/mol. The van der Waals surface area contributed by atoms with Gasteiger partial charge in [0.05, 0.1) is 0 Å². The van der Waals surface area contributed by atoms with Crippen molar-refractivity contribution >= 4 is 9.52 Å². The van der Waals surface area contributed by atoms with E-state index in [4.69, 9.17) is 5.73 Å². The summed E-state index contributed by atoms with van der Waals surface area (Å²) in [7, 11) is 0.750. The van der Waals surface area contributed by atoms with Crippen molar-refractivity contribution in [2.75, 3.05) is 0 Å². The molecule has 0 amide bonds. The molecular formula is C25H32Cl2HfNSi. The van der Waals surface area contributed by atoms with Crippen molar-refractivity contribution in [3.05, 3.63) is 65.4 Å². The first kappa shape index (κ1) is 28.1. The van der Waals surface area contributed by atoms with Crippen molar-refractivity contribution in [3.63, 3.8) is 0 Å². The Balaban J connectivity index is 0.000000246. The molecule has 4 fully saturated rings. The van der Waals surface area contributed by atoms with Gasteiger partial charge in [-0.2, -0.15) is 29.8 Å². The minimum Gasteiger partial charge on any atom is -1.00 e. The fourth-order valence-corrected chi connectivity index (χ4v) is 6.11. The van der Waals surface area contributed by atoms with Crippen molar-refractivity contribution in [2.24, 2.45) is 17.8 Å². The molecule has 0 unspecified atom stereocenters. The van der Waals surface area contributed by atoms with Crippen molar-refractivity contribution in [2.45, 2.75) is 63.6 Å². The first-order valence-corrected chi connectivity index (χ1v) is 13.0. The second-order valence-electron chi connectivity index (χ2n) is 9.17. The average Bonchev–Trinajstić information content (AvgIpc) is 2.99. The van der Waals surface area contributed by atoms with Crippen molar-refractivity contribution in [1.82, 2.24) is 0 Å². The zero-order valence-electron chi connectivity index (χ0n) is 18.1. The average molecular weight is 624 g/mol. The maximum absolute atomic E-state index is 8.21. The topological polar surface area (TPSA) is 23.8 Å². The Morgan fingerprint density at radius 1 is 0.867 bits per heavy atom. The standard InChI is InChI=1S/C13H9.C10H16N.C2H7Si.2ClH.Hf/c1-3-7-12-10(5-1)9-11-6-2-4-8-13(11)12;11-10-4-7-1-8(5-10)3-9(2-7)6-10;1-3-2;;;/h1-5,7-8H,9H2;7-9,11H,1-6H2;3H,1-2H3;2*1H;/q2*-1;;;;+4/p-2. The van der Waals surface area contributed by atoms with Crippen LogP contribution in [0.25, 0.3) is 16.9 Å². The zero-order chi connectivity index (χ0) is 18.9. The molecular weight excluding hydrogens is 592 g/mol. The van der Waals surface area contributed by atoms with Crippen LogP contribution in [0, 0.1) is 23.8 Å². The largest absolute Gasteiger partial charge is 4.00 e. The van der Waals surface area contributed by atoms with Crippen molar-refractivity contribution in [3.8, 4) is 11.1 Å². The van der Waals surface area contributed by atoms with Crippen LogP contribution in [-0.4, -0.2) is 15.1 Å². The van der Waals surface area contributed by atoms with Gasteiger partial charge in [0.2, 0.25) is 0 Å². The van der Waals surface area contributed by atoms with E-state index in [-0.39, 0.29) is 56.2 Å². The van der Waals surface area contributed by atoms with Gasteiger partial charge in [0.15, 0.2) is 0 Å². The van der Waals surface area contributed by atoms with Crippen LogP contribution in [0.15, 0.2) is 42.5 Å². The summed E-state index contributed by atoms with van der Waals surface area (Å²) in [4.78, 5) is 0. The molecule has 5 aliphatic carbocycles. The summed E-state index contributed by atoms with van der Waals surface area (Å²) in [5, 5.41) is 0. The van der Waals surface area contributed by atoms with Crippen LogP contribution >= 0.6 is 0 Å². The van der Waals surface area contributed by atoms with E-state index in [1.54, 1.807) is 0 Å². The molecule has 4 bridgehead atoms. The molecule has 5 aliphatic rings. The van der Waals surface area contributed by atoms with Gasteiger partial charge in [-0.25, -0.2) is 0 Å². The molecule has 0 atom stereocenters. The monoisotopic (exact) mass is 624 g/mol. The number of hydrogen-bond donors (Lipinski definition) is 0. The summed E-state index contributed by atoms with van der Waals surface area (Å²) >= 11 is 0. The molecule has 2 aromatic rings. The first-order chi connectivity index (χ1) is 13.1. The quantitative estimate of drug-likeness (QED) is 0.259. The zero-order valence-corrected chi connectivity index (χ0v) is 24.3. The summed E-state index contributed by atoms with van der Waals surface area (Å²) in [6.45, 7) is 4.42. The SMILES string of the molecule is C[SiH]C.[Cl-].[Cl-].[Hf+4].[NH-]C12CC3CC(CC(C3)C1)C2.[c-]1cccc2c1Cc1ccccc1-2. The van der Waals surface area contributed by atoms with E-state index in [2.05, 4.69) is 55.6 Å². The number of halogens is 2. The molecule has 0 aromatic heterocycles. The van der Waals surface area contributed by atoms with E-state index in [0.29, 0.717) is 0 Å². The molecule has 1 N–H and O–H groups in total. The third-order valence-electron chi connectivity index (χ3n) is 6.65. The normalized spacial score (nSPS) is 28.0. The minimum atomic E-state index is 0. The number of nitrogens with one attached hydrogen (secondary N) is 1. The van der Waals surface area contributed by atoms with Crippen molar-refractivity contribution < 1.29 is 50.7 Å². The van der Waals surface area contributed by atoms with Crippen LogP contribution in [0.5, 0.6) is 0 Å². The molecule has 1 radical (unpaired) electrons. The second kappa shape index (κ2) is 12.3. The molecule has 4 saturated carbocycles. The van der Waals surface area contributed by atoms with Crippen LogP contribution in [-0.2, 0) is 32.3 Å². The molecule has 30 heavy (non-hydrogen) atoms. The van der Waals surface area contributed by atoms with Gasteiger partial charge >= 0.3 is 25.8 Å². The van der Waals surface area contributed by atoms with E-state index < -0.39 is 0 Å². The Hall–Kier alpha value is 0.0670. The Kier molecular flexibility index (Phi) is 11.6. The molecule has 2 aromatic carbocycles. The fourth-order valence-electron chi connectivity index (χ4n) is 6.11. The van der Waals surface area contributed by atoms with Crippen LogP contribution in [0.2, 0.25) is 13.1 Å². The van der Waals surface area contributed by atoms with Gasteiger partial charge in [-0.3, -0.25) is 0 Å². The number of fused-ring (bicyclic) bond motifs is 3. The molecule has 159 valence electrons. The molecule has 7 rings (SSSR count). The third-order valence-corrected chi connectivity index (χ3v) is 6.65. The van der Waals surface area contributed by atoms with E-state index in [1.165, 1.54) is 60.8 Å². The second-order valence-corrected chi connectivity index (χ2v) is 10.3.